The minimum atomic E-state index is -0.456. The van der Waals surface area contributed by atoms with E-state index >= 15 is 0 Å². The van der Waals surface area contributed by atoms with Crippen LogP contribution in [0.3, 0.4) is 0 Å². The van der Waals surface area contributed by atoms with Crippen LogP contribution >= 0.6 is 27.5 Å². The highest BCUT2D eigenvalue weighted by Crippen LogP contribution is 2.44. The molecule has 0 bridgehead atoms. The van der Waals surface area contributed by atoms with E-state index in [0.29, 0.717) is 10.6 Å². The van der Waals surface area contributed by atoms with Crippen LogP contribution in [0.2, 0.25) is 5.02 Å². The molecule has 0 N–H and O–H groups in total. The maximum absolute atomic E-state index is 12.8. The molecule has 2 nitrogen and oxygen atoms in total. The number of ketones is 1. The second-order valence-corrected chi connectivity index (χ2v) is 7.50. The van der Waals surface area contributed by atoms with Crippen LogP contribution in [-0.2, 0) is 4.74 Å². The zero-order chi connectivity index (χ0) is 14.4. The van der Waals surface area contributed by atoms with Gasteiger partial charge in [-0.15, -0.1) is 0 Å². The van der Waals surface area contributed by atoms with Gasteiger partial charge >= 0.3 is 0 Å². The molecule has 1 aromatic rings. The van der Waals surface area contributed by atoms with E-state index in [-0.39, 0.29) is 17.3 Å². The van der Waals surface area contributed by atoms with E-state index in [1.54, 1.807) is 12.1 Å². The van der Waals surface area contributed by atoms with Gasteiger partial charge in [-0.1, -0.05) is 27.5 Å². The van der Waals surface area contributed by atoms with Gasteiger partial charge in [-0.3, -0.25) is 4.79 Å². The van der Waals surface area contributed by atoms with Gasteiger partial charge < -0.3 is 4.74 Å². The van der Waals surface area contributed by atoms with Crippen LogP contribution in [0.4, 0.5) is 0 Å². The lowest BCUT2D eigenvalue weighted by atomic mass is 9.82. The van der Waals surface area contributed by atoms with Crippen LogP contribution in [0, 0.1) is 5.92 Å². The zero-order valence-corrected chi connectivity index (χ0v) is 13.9. The van der Waals surface area contributed by atoms with Gasteiger partial charge in [0.05, 0.1) is 17.1 Å². The Morgan fingerprint density at radius 3 is 2.53 bits per heavy atom. The molecule has 2 rings (SSSR count). The van der Waals surface area contributed by atoms with Crippen LogP contribution in [0.25, 0.3) is 0 Å². The standard InChI is InChI=1S/C15H18BrClO2/c1-14(2)8-11(15(3,4)19-14)13(18)10-7-9(17)5-6-12(10)16/h5-7,11H,8H2,1-4H3. The number of carbonyl (C=O) groups is 1. The van der Waals surface area contributed by atoms with E-state index in [9.17, 15) is 4.79 Å². The Balaban J connectivity index is 2.37. The maximum atomic E-state index is 12.8. The molecule has 0 spiro atoms. The average Bonchev–Trinajstić information content (AvgIpc) is 2.49. The molecule has 0 aromatic heterocycles. The van der Waals surface area contributed by atoms with Gasteiger partial charge in [0, 0.05) is 15.1 Å². The molecule has 0 saturated carbocycles. The minimum Gasteiger partial charge on any atom is -0.369 e. The average molecular weight is 346 g/mol. The van der Waals surface area contributed by atoms with E-state index in [1.807, 2.05) is 33.8 Å². The Kier molecular flexibility index (Phi) is 3.85. The number of hydrogen-bond donors (Lipinski definition) is 0. The van der Waals surface area contributed by atoms with E-state index in [2.05, 4.69) is 15.9 Å². The normalized spacial score (nSPS) is 24.4. The summed E-state index contributed by atoms with van der Waals surface area (Å²) in [5.74, 6) is -0.0674. The van der Waals surface area contributed by atoms with Crippen LogP contribution in [0.15, 0.2) is 22.7 Å². The molecule has 0 amide bonds. The van der Waals surface area contributed by atoms with Crippen molar-refractivity contribution in [2.45, 2.75) is 45.3 Å². The summed E-state index contributed by atoms with van der Waals surface area (Å²) in [6.07, 6.45) is 0.720. The lowest BCUT2D eigenvalue weighted by Crippen LogP contribution is -2.34. The van der Waals surface area contributed by atoms with Crippen LogP contribution in [0.5, 0.6) is 0 Å². The SMILES string of the molecule is CC1(C)CC(C(=O)c2cc(Cl)ccc2Br)C(C)(C)O1. The second kappa shape index (κ2) is 4.87. The predicted molar refractivity (Wildman–Crippen MR) is 80.8 cm³/mol. The van der Waals surface area contributed by atoms with Crippen molar-refractivity contribution in [1.29, 1.82) is 0 Å². The van der Waals surface area contributed by atoms with Crippen molar-refractivity contribution in [3.63, 3.8) is 0 Å². The number of hydrogen-bond acceptors (Lipinski definition) is 2. The number of carbonyl (C=O) groups excluding carboxylic acids is 1. The number of Topliss-reactive ketones (excluding diaryl/α,β-unsaturated/α-hetero) is 1. The molecule has 0 radical (unpaired) electrons. The monoisotopic (exact) mass is 344 g/mol. The van der Waals surface area contributed by atoms with Crippen molar-refractivity contribution in [1.82, 2.24) is 0 Å². The third-order valence-electron chi connectivity index (χ3n) is 3.58. The Morgan fingerprint density at radius 2 is 2.00 bits per heavy atom. The lowest BCUT2D eigenvalue weighted by Gasteiger charge is -2.26. The van der Waals surface area contributed by atoms with Gasteiger partial charge in [0.15, 0.2) is 5.78 Å². The van der Waals surface area contributed by atoms with Gasteiger partial charge in [0.2, 0.25) is 0 Å². The van der Waals surface area contributed by atoms with Crippen LogP contribution in [-0.4, -0.2) is 17.0 Å². The molecule has 1 heterocycles. The Labute approximate surface area is 127 Å². The minimum absolute atomic E-state index is 0.0879. The Bertz CT molecular complexity index is 523. The fourth-order valence-electron chi connectivity index (χ4n) is 2.84. The third kappa shape index (κ3) is 3.04. The van der Waals surface area contributed by atoms with Crippen molar-refractivity contribution in [2.24, 2.45) is 5.92 Å². The van der Waals surface area contributed by atoms with Gasteiger partial charge in [0.25, 0.3) is 0 Å². The van der Waals surface area contributed by atoms with Gasteiger partial charge in [-0.2, -0.15) is 0 Å². The Morgan fingerprint density at radius 1 is 1.37 bits per heavy atom. The summed E-state index contributed by atoms with van der Waals surface area (Å²) >= 11 is 9.41. The highest BCUT2D eigenvalue weighted by molar-refractivity contribution is 9.10. The van der Waals surface area contributed by atoms with Gasteiger partial charge in [0.1, 0.15) is 0 Å². The maximum Gasteiger partial charge on any atom is 0.170 e. The Hall–Kier alpha value is -0.380. The highest BCUT2D eigenvalue weighted by atomic mass is 79.9. The van der Waals surface area contributed by atoms with Crippen LogP contribution in [0.1, 0.15) is 44.5 Å². The third-order valence-corrected chi connectivity index (χ3v) is 4.51. The summed E-state index contributed by atoms with van der Waals surface area (Å²) in [6, 6.07) is 5.29. The zero-order valence-electron chi connectivity index (χ0n) is 11.6. The molecule has 1 unspecified atom stereocenters. The van der Waals surface area contributed by atoms with Crippen LogP contribution < -0.4 is 0 Å². The van der Waals surface area contributed by atoms with Crippen molar-refractivity contribution in [3.05, 3.63) is 33.3 Å². The molecule has 1 fully saturated rings. The first-order valence-corrected chi connectivity index (χ1v) is 7.49. The summed E-state index contributed by atoms with van der Waals surface area (Å²) in [5.41, 5.74) is -0.0936. The molecule has 1 atom stereocenters. The molecular weight excluding hydrogens is 328 g/mol. The molecule has 1 aliphatic heterocycles. The largest absolute Gasteiger partial charge is 0.369 e. The number of benzene rings is 1. The number of halogens is 2. The van der Waals surface area contributed by atoms with Crippen molar-refractivity contribution in [2.75, 3.05) is 0 Å². The van der Waals surface area contributed by atoms with E-state index in [1.165, 1.54) is 0 Å². The number of ether oxygens (including phenoxy) is 1. The fourth-order valence-corrected chi connectivity index (χ4v) is 3.46. The summed E-state index contributed by atoms with van der Waals surface area (Å²) in [6.45, 7) is 8.00. The van der Waals surface area contributed by atoms with Gasteiger partial charge in [-0.05, 0) is 52.3 Å². The molecular formula is C15H18BrClO2. The molecule has 104 valence electrons. The van der Waals surface area contributed by atoms with Crippen molar-refractivity contribution in [3.8, 4) is 0 Å². The number of rotatable bonds is 2. The van der Waals surface area contributed by atoms with Crippen molar-refractivity contribution >= 4 is 33.3 Å². The smallest absolute Gasteiger partial charge is 0.170 e. The summed E-state index contributed by atoms with van der Waals surface area (Å²) < 4.78 is 6.77. The lowest BCUT2D eigenvalue weighted by molar-refractivity contribution is -0.0712. The fraction of sp³-hybridized carbons (Fsp3) is 0.533. The van der Waals surface area contributed by atoms with E-state index in [4.69, 9.17) is 16.3 Å². The predicted octanol–water partition coefficient (Wildman–Crippen LogP) is 4.88. The van der Waals surface area contributed by atoms with E-state index in [0.717, 1.165) is 10.9 Å². The molecule has 19 heavy (non-hydrogen) atoms. The highest BCUT2D eigenvalue weighted by Gasteiger charge is 2.49. The first-order chi connectivity index (χ1) is 8.62. The molecule has 1 saturated heterocycles. The first kappa shape index (κ1) is 15.0. The molecule has 1 aromatic carbocycles. The van der Waals surface area contributed by atoms with Gasteiger partial charge in [-0.25, -0.2) is 0 Å². The topological polar surface area (TPSA) is 26.3 Å². The van der Waals surface area contributed by atoms with E-state index < -0.39 is 5.60 Å². The van der Waals surface area contributed by atoms with Crippen molar-refractivity contribution < 1.29 is 9.53 Å². The first-order valence-electron chi connectivity index (χ1n) is 6.32. The summed E-state index contributed by atoms with van der Waals surface area (Å²) in [7, 11) is 0. The molecule has 1 aliphatic rings. The summed E-state index contributed by atoms with van der Waals surface area (Å²) in [5, 5.41) is 0.572. The molecule has 0 aliphatic carbocycles. The second-order valence-electron chi connectivity index (χ2n) is 6.21. The summed E-state index contributed by atoms with van der Waals surface area (Å²) in [4.78, 5) is 12.8. The molecule has 4 heteroatoms. The quantitative estimate of drug-likeness (QED) is 0.714.